The average Bonchev–Trinajstić information content (AvgIpc) is 3.24. The molecule has 8 heteroatoms. The maximum absolute atomic E-state index is 13.4. The molecule has 0 bridgehead atoms. The molecule has 0 saturated carbocycles. The summed E-state index contributed by atoms with van der Waals surface area (Å²) < 4.78 is 13.4. The number of halogens is 1. The van der Waals surface area contributed by atoms with Crippen molar-refractivity contribution in [2.75, 3.05) is 27.2 Å². The third-order valence-electron chi connectivity index (χ3n) is 5.20. The molecular weight excluding hydrogens is 409 g/mol. The largest absolute Gasteiger partial charge is 0.345 e. The van der Waals surface area contributed by atoms with E-state index in [1.54, 1.807) is 29.2 Å². The first-order chi connectivity index (χ1) is 15.5. The second kappa shape index (κ2) is 9.49. The van der Waals surface area contributed by atoms with Crippen molar-refractivity contribution in [3.05, 3.63) is 84.2 Å². The Morgan fingerprint density at radius 1 is 1.03 bits per heavy atom. The Bertz CT molecular complexity index is 1100. The second-order valence-corrected chi connectivity index (χ2v) is 7.45. The fraction of sp³-hybridized carbons (Fsp3) is 0.167. The molecule has 164 valence electrons. The number of hydrogen-bond donors (Lipinski definition) is 3. The molecule has 1 aliphatic rings. The molecule has 32 heavy (non-hydrogen) atoms. The highest BCUT2D eigenvalue weighted by Crippen LogP contribution is 2.24. The summed E-state index contributed by atoms with van der Waals surface area (Å²) in [5.41, 5.74) is 12.2. The topological polar surface area (TPSA) is 90.7 Å². The minimum atomic E-state index is -0.459. The molecule has 0 spiro atoms. The number of nitrogens with one attached hydrogen (secondary N) is 2. The van der Waals surface area contributed by atoms with E-state index in [-0.39, 0.29) is 5.91 Å². The van der Waals surface area contributed by atoms with Gasteiger partial charge in [0, 0.05) is 30.9 Å². The molecule has 0 radical (unpaired) electrons. The standard InChI is InChI=1S/C24H24FN5O2/c25-18-6-10-22(11-7-18)30(28-20-4-1-3-17(15-20)16-26)24(32)27-19-8-12-21(13-9-19)29-14-2-5-23(29)31/h1,3-4,6-13,15,28H,2,5,14,16,26H2,(H,27,32). The lowest BCUT2D eigenvalue weighted by Gasteiger charge is -2.25. The number of carbonyl (C=O) groups excluding carboxylic acids is 2. The van der Waals surface area contributed by atoms with Crippen molar-refractivity contribution in [1.82, 2.24) is 0 Å². The first-order valence-corrected chi connectivity index (χ1v) is 10.4. The smallest absolute Gasteiger partial charge is 0.326 e. The summed E-state index contributed by atoms with van der Waals surface area (Å²) in [5, 5.41) is 4.13. The first-order valence-electron chi connectivity index (χ1n) is 10.4. The van der Waals surface area contributed by atoms with Gasteiger partial charge in [-0.05, 0) is 72.6 Å². The number of urea groups is 1. The highest BCUT2D eigenvalue weighted by atomic mass is 19.1. The SMILES string of the molecule is NCc1cccc(NN(C(=O)Nc2ccc(N3CCCC3=O)cc2)c2ccc(F)cc2)c1. The maximum atomic E-state index is 13.4. The maximum Gasteiger partial charge on any atom is 0.345 e. The number of carbonyl (C=O) groups is 2. The molecule has 0 aliphatic carbocycles. The van der Waals surface area contributed by atoms with Crippen molar-refractivity contribution in [2.24, 2.45) is 5.73 Å². The normalized spacial score (nSPS) is 13.2. The molecule has 0 atom stereocenters. The van der Waals surface area contributed by atoms with Gasteiger partial charge in [0.15, 0.2) is 0 Å². The number of nitrogens with two attached hydrogens (primary N) is 1. The number of benzene rings is 3. The van der Waals surface area contributed by atoms with Crippen molar-refractivity contribution in [2.45, 2.75) is 19.4 Å². The lowest BCUT2D eigenvalue weighted by molar-refractivity contribution is -0.117. The van der Waals surface area contributed by atoms with Crippen molar-refractivity contribution < 1.29 is 14.0 Å². The van der Waals surface area contributed by atoms with E-state index < -0.39 is 11.8 Å². The molecule has 0 unspecified atom stereocenters. The van der Waals surface area contributed by atoms with Gasteiger partial charge in [0.1, 0.15) is 5.82 Å². The zero-order valence-corrected chi connectivity index (χ0v) is 17.4. The van der Waals surface area contributed by atoms with Crippen LogP contribution in [0.15, 0.2) is 72.8 Å². The molecule has 3 amide bonds. The molecule has 4 N–H and O–H groups in total. The van der Waals surface area contributed by atoms with Crippen molar-refractivity contribution in [1.29, 1.82) is 0 Å². The lowest BCUT2D eigenvalue weighted by Crippen LogP contribution is -2.39. The molecule has 1 aliphatic heterocycles. The van der Waals surface area contributed by atoms with Crippen molar-refractivity contribution >= 4 is 34.7 Å². The molecule has 3 aromatic carbocycles. The summed E-state index contributed by atoms with van der Waals surface area (Å²) in [4.78, 5) is 26.8. The minimum Gasteiger partial charge on any atom is -0.326 e. The van der Waals surface area contributed by atoms with E-state index in [9.17, 15) is 14.0 Å². The van der Waals surface area contributed by atoms with Crippen LogP contribution in [0.5, 0.6) is 0 Å². The fourth-order valence-corrected chi connectivity index (χ4v) is 3.54. The molecule has 1 saturated heterocycles. The van der Waals surface area contributed by atoms with Gasteiger partial charge in [0.05, 0.1) is 11.4 Å². The predicted molar refractivity (Wildman–Crippen MR) is 124 cm³/mol. The summed E-state index contributed by atoms with van der Waals surface area (Å²) in [7, 11) is 0. The van der Waals surface area contributed by atoms with Gasteiger partial charge in [-0.15, -0.1) is 0 Å². The van der Waals surface area contributed by atoms with Crippen LogP contribution in [0.25, 0.3) is 0 Å². The molecule has 3 aromatic rings. The van der Waals surface area contributed by atoms with E-state index in [2.05, 4.69) is 10.7 Å². The first kappa shape index (κ1) is 21.3. The van der Waals surface area contributed by atoms with E-state index in [4.69, 9.17) is 5.73 Å². The molecule has 1 fully saturated rings. The Morgan fingerprint density at radius 3 is 2.44 bits per heavy atom. The zero-order valence-electron chi connectivity index (χ0n) is 17.4. The van der Waals surface area contributed by atoms with Gasteiger partial charge < -0.3 is 16.0 Å². The third-order valence-corrected chi connectivity index (χ3v) is 5.20. The Hall–Kier alpha value is -3.91. The summed E-state index contributed by atoms with van der Waals surface area (Å²) >= 11 is 0. The van der Waals surface area contributed by atoms with Crippen LogP contribution >= 0.6 is 0 Å². The zero-order chi connectivity index (χ0) is 22.5. The highest BCUT2D eigenvalue weighted by Gasteiger charge is 2.22. The van der Waals surface area contributed by atoms with Crippen LogP contribution in [0.3, 0.4) is 0 Å². The number of rotatable bonds is 6. The summed E-state index contributed by atoms with van der Waals surface area (Å²) in [5.74, 6) is -0.292. The van der Waals surface area contributed by atoms with Crippen molar-refractivity contribution in [3.8, 4) is 0 Å². The van der Waals surface area contributed by atoms with Gasteiger partial charge in [-0.25, -0.2) is 14.2 Å². The molecule has 4 rings (SSSR count). The third kappa shape index (κ3) is 4.87. The van der Waals surface area contributed by atoms with Crippen LogP contribution in [0.1, 0.15) is 18.4 Å². The van der Waals surface area contributed by atoms with E-state index in [0.717, 1.165) is 17.7 Å². The van der Waals surface area contributed by atoms with Gasteiger partial charge in [-0.1, -0.05) is 12.1 Å². The van der Waals surface area contributed by atoms with Gasteiger partial charge in [0.2, 0.25) is 5.91 Å². The number of amides is 3. The van der Waals surface area contributed by atoms with Gasteiger partial charge >= 0.3 is 6.03 Å². The van der Waals surface area contributed by atoms with Crippen LogP contribution < -0.4 is 26.4 Å². The van der Waals surface area contributed by atoms with Crippen LogP contribution in [-0.2, 0) is 11.3 Å². The fourth-order valence-electron chi connectivity index (χ4n) is 3.54. The van der Waals surface area contributed by atoms with E-state index in [0.29, 0.717) is 36.6 Å². The summed E-state index contributed by atoms with van der Waals surface area (Å²) in [6, 6.07) is 19.6. The molecular formula is C24H24FN5O2. The number of anilines is 4. The molecule has 1 heterocycles. The van der Waals surface area contributed by atoms with E-state index >= 15 is 0 Å². The Kier molecular flexibility index (Phi) is 6.32. The Balaban J connectivity index is 1.54. The quantitative estimate of drug-likeness (QED) is 0.500. The molecule has 7 nitrogen and oxygen atoms in total. The molecule has 0 aromatic heterocycles. The van der Waals surface area contributed by atoms with Crippen LogP contribution in [0.4, 0.5) is 31.9 Å². The van der Waals surface area contributed by atoms with Crippen LogP contribution in [0, 0.1) is 5.82 Å². The van der Waals surface area contributed by atoms with Gasteiger partial charge in [-0.2, -0.15) is 0 Å². The monoisotopic (exact) mass is 433 g/mol. The Labute approximate surface area is 185 Å². The van der Waals surface area contributed by atoms with E-state index in [1.165, 1.54) is 29.3 Å². The lowest BCUT2D eigenvalue weighted by atomic mass is 10.2. The minimum absolute atomic E-state index is 0.105. The number of nitrogens with zero attached hydrogens (tertiary/aromatic N) is 2. The predicted octanol–water partition coefficient (Wildman–Crippen LogP) is 4.48. The van der Waals surface area contributed by atoms with Gasteiger partial charge in [-0.3, -0.25) is 10.2 Å². The highest BCUT2D eigenvalue weighted by molar-refractivity contribution is 6.03. The van der Waals surface area contributed by atoms with Crippen LogP contribution in [0.2, 0.25) is 0 Å². The summed E-state index contributed by atoms with van der Waals surface area (Å²) in [6.07, 6.45) is 1.41. The van der Waals surface area contributed by atoms with Crippen LogP contribution in [-0.4, -0.2) is 18.5 Å². The van der Waals surface area contributed by atoms with E-state index in [1.807, 2.05) is 24.3 Å². The number of hydrazine groups is 1. The summed E-state index contributed by atoms with van der Waals surface area (Å²) in [6.45, 7) is 1.07. The second-order valence-electron chi connectivity index (χ2n) is 7.45. The average molecular weight is 433 g/mol. The Morgan fingerprint density at radius 2 is 1.78 bits per heavy atom. The number of hydrogen-bond acceptors (Lipinski definition) is 4. The van der Waals surface area contributed by atoms with Gasteiger partial charge in [0.25, 0.3) is 0 Å². The van der Waals surface area contributed by atoms with Crippen molar-refractivity contribution in [3.63, 3.8) is 0 Å².